The number of alkyl halides is 3. The van der Waals surface area contributed by atoms with Crippen LogP contribution in [0.1, 0.15) is 16.1 Å². The Hall–Kier alpha value is -3.09. The highest BCUT2D eigenvalue weighted by Crippen LogP contribution is 2.37. The number of aromatic amines is 1. The van der Waals surface area contributed by atoms with Gasteiger partial charge >= 0.3 is 6.18 Å². The van der Waals surface area contributed by atoms with Crippen molar-refractivity contribution in [3.63, 3.8) is 0 Å². The van der Waals surface area contributed by atoms with Gasteiger partial charge in [-0.05, 0) is 29.8 Å². The maximum atomic E-state index is 13.1. The van der Waals surface area contributed by atoms with Crippen molar-refractivity contribution in [2.75, 3.05) is 5.32 Å². The molecule has 0 radical (unpaired) electrons. The Balaban J connectivity index is 1.88. The molecular formula is C17H12F3N3O. The zero-order valence-electron chi connectivity index (χ0n) is 12.3. The largest absolute Gasteiger partial charge is 0.417 e. The Labute approximate surface area is 135 Å². The van der Waals surface area contributed by atoms with E-state index in [4.69, 9.17) is 0 Å². The van der Waals surface area contributed by atoms with Crippen molar-refractivity contribution >= 4 is 11.6 Å². The summed E-state index contributed by atoms with van der Waals surface area (Å²) in [6.07, 6.45) is -0.0497. The first-order chi connectivity index (χ1) is 11.4. The van der Waals surface area contributed by atoms with Crippen molar-refractivity contribution < 1.29 is 18.0 Å². The van der Waals surface area contributed by atoms with Crippen LogP contribution >= 0.6 is 0 Å². The van der Waals surface area contributed by atoms with Crippen LogP contribution in [-0.4, -0.2) is 15.9 Å². The number of amides is 1. The Morgan fingerprint density at radius 1 is 1.12 bits per heavy atom. The molecule has 0 fully saturated rings. The first-order valence-electron chi connectivity index (χ1n) is 7.01. The highest BCUT2D eigenvalue weighted by molar-refractivity contribution is 6.03. The van der Waals surface area contributed by atoms with E-state index in [1.54, 1.807) is 18.3 Å². The molecule has 2 aromatic heterocycles. The number of carbonyl (C=O) groups excluding carboxylic acids is 1. The van der Waals surface area contributed by atoms with Crippen molar-refractivity contribution in [3.8, 4) is 11.1 Å². The number of pyridine rings is 1. The van der Waals surface area contributed by atoms with Gasteiger partial charge in [-0.2, -0.15) is 13.2 Å². The van der Waals surface area contributed by atoms with E-state index in [2.05, 4.69) is 15.3 Å². The molecule has 1 amide bonds. The van der Waals surface area contributed by atoms with E-state index in [0.717, 1.165) is 6.07 Å². The normalized spacial score (nSPS) is 11.3. The highest BCUT2D eigenvalue weighted by Gasteiger charge is 2.33. The second-order valence-electron chi connectivity index (χ2n) is 5.04. The highest BCUT2D eigenvalue weighted by atomic mass is 19.4. The minimum absolute atomic E-state index is 0.0154. The lowest BCUT2D eigenvalue weighted by Gasteiger charge is -2.11. The molecule has 1 aromatic carbocycles. The quantitative estimate of drug-likeness (QED) is 0.750. The molecule has 0 aliphatic rings. The van der Waals surface area contributed by atoms with Crippen molar-refractivity contribution in [3.05, 3.63) is 72.3 Å². The summed E-state index contributed by atoms with van der Waals surface area (Å²) in [5.41, 5.74) is 0.212. The molecule has 2 heterocycles. The second-order valence-corrected chi connectivity index (χ2v) is 5.04. The van der Waals surface area contributed by atoms with E-state index >= 15 is 0 Å². The van der Waals surface area contributed by atoms with Crippen LogP contribution in [-0.2, 0) is 6.18 Å². The Morgan fingerprint density at radius 3 is 2.62 bits per heavy atom. The molecule has 0 atom stereocenters. The van der Waals surface area contributed by atoms with Crippen LogP contribution in [0.4, 0.5) is 18.9 Å². The minimum Gasteiger partial charge on any atom is -0.357 e. The lowest BCUT2D eigenvalue weighted by atomic mass is 10.0. The van der Waals surface area contributed by atoms with Gasteiger partial charge in [0.15, 0.2) is 0 Å². The lowest BCUT2D eigenvalue weighted by Crippen LogP contribution is -2.12. The predicted octanol–water partition coefficient (Wildman–Crippen LogP) is 4.35. The number of carbonyl (C=O) groups is 1. The molecule has 0 aliphatic heterocycles. The Morgan fingerprint density at radius 2 is 1.92 bits per heavy atom. The lowest BCUT2D eigenvalue weighted by molar-refractivity contribution is -0.137. The number of hydrogen-bond acceptors (Lipinski definition) is 2. The standard InChI is InChI=1S/C17H12F3N3O/c18-17(19,20)14-6-2-1-5-13(14)11-8-15(22-9-11)16(24)23-12-4-3-7-21-10-12/h1-10,22H,(H,23,24). The van der Waals surface area contributed by atoms with Gasteiger partial charge in [0.05, 0.1) is 17.4 Å². The fourth-order valence-electron chi connectivity index (χ4n) is 2.30. The summed E-state index contributed by atoms with van der Waals surface area (Å²) in [6.45, 7) is 0. The van der Waals surface area contributed by atoms with Crippen LogP contribution in [0.2, 0.25) is 0 Å². The molecular weight excluding hydrogens is 319 g/mol. The average Bonchev–Trinajstić information content (AvgIpc) is 3.05. The van der Waals surface area contributed by atoms with Crippen molar-refractivity contribution in [1.82, 2.24) is 9.97 Å². The number of nitrogens with one attached hydrogen (secondary N) is 2. The van der Waals surface area contributed by atoms with E-state index < -0.39 is 17.6 Å². The molecule has 0 bridgehead atoms. The number of aromatic nitrogens is 2. The second kappa shape index (κ2) is 6.19. The van der Waals surface area contributed by atoms with Gasteiger partial charge < -0.3 is 10.3 Å². The summed E-state index contributed by atoms with van der Waals surface area (Å²) in [6, 6.07) is 9.94. The molecule has 24 heavy (non-hydrogen) atoms. The molecule has 3 rings (SSSR count). The smallest absolute Gasteiger partial charge is 0.357 e. The van der Waals surface area contributed by atoms with E-state index in [0.29, 0.717) is 11.3 Å². The van der Waals surface area contributed by atoms with E-state index in [-0.39, 0.29) is 11.3 Å². The molecule has 0 aliphatic carbocycles. The van der Waals surface area contributed by atoms with Gasteiger partial charge in [-0.15, -0.1) is 0 Å². The maximum Gasteiger partial charge on any atom is 0.417 e. The molecule has 4 nitrogen and oxygen atoms in total. The van der Waals surface area contributed by atoms with Gasteiger partial charge in [-0.25, -0.2) is 0 Å². The zero-order valence-corrected chi connectivity index (χ0v) is 12.3. The van der Waals surface area contributed by atoms with Crippen LogP contribution in [0.25, 0.3) is 11.1 Å². The number of benzene rings is 1. The van der Waals surface area contributed by atoms with Gasteiger partial charge in [-0.3, -0.25) is 9.78 Å². The molecule has 0 saturated heterocycles. The predicted molar refractivity (Wildman–Crippen MR) is 83.4 cm³/mol. The minimum atomic E-state index is -4.47. The molecule has 0 spiro atoms. The monoisotopic (exact) mass is 331 g/mol. The van der Waals surface area contributed by atoms with E-state index in [1.165, 1.54) is 36.7 Å². The number of nitrogens with zero attached hydrogens (tertiary/aromatic N) is 1. The fourth-order valence-corrected chi connectivity index (χ4v) is 2.30. The van der Waals surface area contributed by atoms with E-state index in [1.807, 2.05) is 0 Å². The maximum absolute atomic E-state index is 13.1. The van der Waals surface area contributed by atoms with Gasteiger partial charge in [0.2, 0.25) is 0 Å². The third kappa shape index (κ3) is 3.29. The third-order valence-electron chi connectivity index (χ3n) is 3.39. The third-order valence-corrected chi connectivity index (χ3v) is 3.39. The molecule has 0 unspecified atom stereocenters. The first-order valence-corrected chi connectivity index (χ1v) is 7.01. The number of H-pyrrole nitrogens is 1. The van der Waals surface area contributed by atoms with Crippen molar-refractivity contribution in [2.24, 2.45) is 0 Å². The Bertz CT molecular complexity index is 857. The number of hydrogen-bond donors (Lipinski definition) is 2. The molecule has 2 N–H and O–H groups in total. The molecule has 122 valence electrons. The number of anilines is 1. The van der Waals surface area contributed by atoms with Gasteiger partial charge in [-0.1, -0.05) is 18.2 Å². The summed E-state index contributed by atoms with van der Waals surface area (Å²) >= 11 is 0. The van der Waals surface area contributed by atoms with Crippen LogP contribution in [0, 0.1) is 0 Å². The number of rotatable bonds is 3. The van der Waals surface area contributed by atoms with Crippen molar-refractivity contribution in [2.45, 2.75) is 6.18 Å². The number of halogens is 3. The first kappa shape index (κ1) is 15.8. The summed E-state index contributed by atoms with van der Waals surface area (Å²) in [7, 11) is 0. The van der Waals surface area contributed by atoms with Crippen LogP contribution in [0.15, 0.2) is 61.1 Å². The van der Waals surface area contributed by atoms with Crippen LogP contribution < -0.4 is 5.32 Å². The Kier molecular flexibility index (Phi) is 4.07. The SMILES string of the molecule is O=C(Nc1cccnc1)c1cc(-c2ccccc2C(F)(F)F)c[nH]1. The summed E-state index contributed by atoms with van der Waals surface area (Å²) in [5, 5.41) is 2.61. The summed E-state index contributed by atoms with van der Waals surface area (Å²) < 4.78 is 39.3. The molecule has 7 heteroatoms. The van der Waals surface area contributed by atoms with Crippen LogP contribution in [0.5, 0.6) is 0 Å². The van der Waals surface area contributed by atoms with E-state index in [9.17, 15) is 18.0 Å². The van der Waals surface area contributed by atoms with Gasteiger partial charge in [0.1, 0.15) is 5.69 Å². The average molecular weight is 331 g/mol. The van der Waals surface area contributed by atoms with Gasteiger partial charge in [0.25, 0.3) is 5.91 Å². The summed E-state index contributed by atoms with van der Waals surface area (Å²) in [4.78, 5) is 18.7. The zero-order chi connectivity index (χ0) is 17.2. The van der Waals surface area contributed by atoms with Gasteiger partial charge in [0, 0.05) is 18.0 Å². The summed E-state index contributed by atoms with van der Waals surface area (Å²) in [5.74, 6) is -0.460. The molecule has 0 saturated carbocycles. The van der Waals surface area contributed by atoms with Crippen LogP contribution in [0.3, 0.4) is 0 Å². The van der Waals surface area contributed by atoms with Crippen molar-refractivity contribution in [1.29, 1.82) is 0 Å². The molecule has 3 aromatic rings. The fraction of sp³-hybridized carbons (Fsp3) is 0.0588. The topological polar surface area (TPSA) is 57.8 Å².